The molecule has 1 aromatic heterocycles. The van der Waals surface area contributed by atoms with Gasteiger partial charge in [0.25, 0.3) is 0 Å². The lowest BCUT2D eigenvalue weighted by molar-refractivity contribution is -0.115. The molecule has 3 N–H and O–H groups in total. The molecule has 1 aromatic carbocycles. The van der Waals surface area contributed by atoms with Crippen LogP contribution in [0.15, 0.2) is 24.3 Å². The van der Waals surface area contributed by atoms with Crippen LogP contribution in [0.1, 0.15) is 37.0 Å². The van der Waals surface area contributed by atoms with Gasteiger partial charge in [0.15, 0.2) is 5.13 Å². The van der Waals surface area contributed by atoms with Gasteiger partial charge in [-0.2, -0.15) is 0 Å². The maximum Gasteiger partial charge on any atom is 0.315 e. The molecule has 2 aromatic rings. The topological polar surface area (TPSA) is 92.3 Å². The zero-order chi connectivity index (χ0) is 19.9. The Hall–Kier alpha value is -2.61. The number of rotatable bonds is 6. The lowest BCUT2D eigenvalue weighted by Crippen LogP contribution is -2.45. The second-order valence-corrected chi connectivity index (χ2v) is 8.07. The van der Waals surface area contributed by atoms with Crippen molar-refractivity contribution in [2.75, 3.05) is 19.0 Å². The second-order valence-electron chi connectivity index (χ2n) is 6.86. The van der Waals surface area contributed by atoms with E-state index in [9.17, 15) is 9.59 Å². The van der Waals surface area contributed by atoms with Crippen LogP contribution >= 0.6 is 11.3 Å². The quantitative estimate of drug-likeness (QED) is 0.687. The van der Waals surface area contributed by atoms with Crippen molar-refractivity contribution >= 4 is 28.4 Å². The van der Waals surface area contributed by atoms with Crippen LogP contribution in [0.25, 0.3) is 11.3 Å². The molecule has 150 valence electrons. The van der Waals surface area contributed by atoms with Gasteiger partial charge >= 0.3 is 6.03 Å². The third-order valence-corrected chi connectivity index (χ3v) is 5.64. The molecule has 0 unspecified atom stereocenters. The van der Waals surface area contributed by atoms with Crippen LogP contribution in [-0.4, -0.2) is 36.6 Å². The Morgan fingerprint density at radius 1 is 1.18 bits per heavy atom. The average molecular weight is 403 g/mol. The lowest BCUT2D eigenvalue weighted by Gasteiger charge is -2.22. The minimum Gasteiger partial charge on any atom is -0.497 e. The summed E-state index contributed by atoms with van der Waals surface area (Å²) in [5, 5.41) is 8.82. The molecular formula is C20H26N4O3S. The van der Waals surface area contributed by atoms with E-state index >= 15 is 0 Å². The number of aromatic nitrogens is 1. The van der Waals surface area contributed by atoms with Crippen molar-refractivity contribution in [3.05, 3.63) is 29.1 Å². The molecule has 1 aliphatic rings. The molecular weight excluding hydrogens is 376 g/mol. The molecule has 28 heavy (non-hydrogen) atoms. The Morgan fingerprint density at radius 3 is 2.57 bits per heavy atom. The molecule has 0 radical (unpaired) electrons. The minimum atomic E-state index is -0.297. The summed E-state index contributed by atoms with van der Waals surface area (Å²) in [6, 6.07) is 7.54. The van der Waals surface area contributed by atoms with Crippen molar-refractivity contribution < 1.29 is 14.3 Å². The van der Waals surface area contributed by atoms with E-state index in [0.717, 1.165) is 47.6 Å². The number of hydrogen-bond acceptors (Lipinski definition) is 5. The molecule has 8 heteroatoms. The fourth-order valence-corrected chi connectivity index (χ4v) is 4.13. The Morgan fingerprint density at radius 2 is 1.89 bits per heavy atom. The van der Waals surface area contributed by atoms with Crippen molar-refractivity contribution in [2.45, 2.75) is 45.1 Å². The van der Waals surface area contributed by atoms with Crippen molar-refractivity contribution in [3.8, 4) is 17.0 Å². The monoisotopic (exact) mass is 402 g/mol. The van der Waals surface area contributed by atoms with Gasteiger partial charge in [0, 0.05) is 16.5 Å². The van der Waals surface area contributed by atoms with Gasteiger partial charge in [0.2, 0.25) is 5.91 Å². The molecule has 0 saturated heterocycles. The van der Waals surface area contributed by atoms with E-state index < -0.39 is 0 Å². The highest BCUT2D eigenvalue weighted by atomic mass is 32.1. The van der Waals surface area contributed by atoms with Crippen molar-refractivity contribution in [2.24, 2.45) is 0 Å². The van der Waals surface area contributed by atoms with Gasteiger partial charge in [0.1, 0.15) is 5.75 Å². The van der Waals surface area contributed by atoms with Gasteiger partial charge in [-0.3, -0.25) is 4.79 Å². The molecule has 0 bridgehead atoms. The van der Waals surface area contributed by atoms with E-state index in [1.807, 2.05) is 31.2 Å². The predicted octanol–water partition coefficient (Wildman–Crippen LogP) is 3.70. The van der Waals surface area contributed by atoms with Crippen molar-refractivity contribution in [1.29, 1.82) is 0 Å². The molecule has 3 rings (SSSR count). The van der Waals surface area contributed by atoms with Gasteiger partial charge in [-0.15, -0.1) is 11.3 Å². The van der Waals surface area contributed by atoms with Gasteiger partial charge in [-0.1, -0.05) is 19.3 Å². The third-order valence-electron chi connectivity index (χ3n) is 4.76. The van der Waals surface area contributed by atoms with Crippen LogP contribution in [0.3, 0.4) is 0 Å². The average Bonchev–Trinajstić information content (AvgIpc) is 3.07. The molecule has 0 spiro atoms. The zero-order valence-electron chi connectivity index (χ0n) is 16.2. The molecule has 7 nitrogen and oxygen atoms in total. The first-order valence-electron chi connectivity index (χ1n) is 9.51. The number of benzene rings is 1. The van der Waals surface area contributed by atoms with E-state index in [1.165, 1.54) is 17.8 Å². The first kappa shape index (κ1) is 20.1. The van der Waals surface area contributed by atoms with E-state index in [-0.39, 0.29) is 24.5 Å². The van der Waals surface area contributed by atoms with Crippen molar-refractivity contribution in [3.63, 3.8) is 0 Å². The molecule has 1 fully saturated rings. The summed E-state index contributed by atoms with van der Waals surface area (Å²) in [6.07, 6.45) is 5.53. The first-order chi connectivity index (χ1) is 13.5. The number of nitrogens with zero attached hydrogens (tertiary/aromatic N) is 1. The number of hydrogen-bond donors (Lipinski definition) is 3. The van der Waals surface area contributed by atoms with Crippen molar-refractivity contribution in [1.82, 2.24) is 15.6 Å². The maximum atomic E-state index is 12.1. The fourth-order valence-electron chi connectivity index (χ4n) is 3.27. The van der Waals surface area contributed by atoms with E-state index in [0.29, 0.717) is 5.13 Å². The zero-order valence-corrected chi connectivity index (χ0v) is 17.0. The maximum absolute atomic E-state index is 12.1. The van der Waals surface area contributed by atoms with Gasteiger partial charge in [0.05, 0.1) is 19.3 Å². The fraction of sp³-hybridized carbons (Fsp3) is 0.450. The van der Waals surface area contributed by atoms with Crippen LogP contribution in [0.4, 0.5) is 9.93 Å². The number of ether oxygens (including phenoxy) is 1. The largest absolute Gasteiger partial charge is 0.497 e. The number of urea groups is 1. The highest BCUT2D eigenvalue weighted by Gasteiger charge is 2.16. The van der Waals surface area contributed by atoms with Gasteiger partial charge < -0.3 is 20.7 Å². The summed E-state index contributed by atoms with van der Waals surface area (Å²) in [5.41, 5.74) is 1.78. The first-order valence-corrected chi connectivity index (χ1v) is 10.3. The summed E-state index contributed by atoms with van der Waals surface area (Å²) in [7, 11) is 1.63. The van der Waals surface area contributed by atoms with Gasteiger partial charge in [-0.05, 0) is 44.0 Å². The molecule has 3 amide bonds. The second kappa shape index (κ2) is 9.54. The predicted molar refractivity (Wildman–Crippen MR) is 111 cm³/mol. The number of nitrogens with one attached hydrogen (secondary N) is 3. The summed E-state index contributed by atoms with van der Waals surface area (Å²) in [6.45, 7) is 1.87. The number of amides is 3. The van der Waals surface area contributed by atoms with E-state index in [4.69, 9.17) is 4.74 Å². The summed E-state index contributed by atoms with van der Waals surface area (Å²) in [4.78, 5) is 29.6. The number of carbonyl (C=O) groups is 2. The number of methoxy groups -OCH3 is 1. The standard InChI is InChI=1S/C20H26N4O3S/c1-13-18(14-8-10-16(27-2)11-9-14)24-20(28-13)23-17(25)12-21-19(26)22-15-6-4-3-5-7-15/h8-11,15H,3-7,12H2,1-2H3,(H2,21,22,26)(H,23,24,25). The molecule has 1 heterocycles. The number of thiazole rings is 1. The van der Waals surface area contributed by atoms with E-state index in [2.05, 4.69) is 20.9 Å². The smallest absolute Gasteiger partial charge is 0.315 e. The Kier molecular flexibility index (Phi) is 6.86. The lowest BCUT2D eigenvalue weighted by atomic mass is 9.96. The number of aryl methyl sites for hydroxylation is 1. The highest BCUT2D eigenvalue weighted by molar-refractivity contribution is 7.16. The number of anilines is 1. The van der Waals surface area contributed by atoms with Crippen LogP contribution in [-0.2, 0) is 4.79 Å². The normalized spacial score (nSPS) is 14.4. The third kappa shape index (κ3) is 5.45. The van der Waals surface area contributed by atoms with Crippen LogP contribution in [0.5, 0.6) is 5.75 Å². The summed E-state index contributed by atoms with van der Waals surface area (Å²) in [5.74, 6) is 0.483. The summed E-state index contributed by atoms with van der Waals surface area (Å²) < 4.78 is 5.17. The Bertz CT molecular complexity index is 813. The van der Waals surface area contributed by atoms with Crippen LogP contribution in [0.2, 0.25) is 0 Å². The molecule has 1 aliphatic carbocycles. The molecule has 1 saturated carbocycles. The van der Waals surface area contributed by atoms with E-state index in [1.54, 1.807) is 7.11 Å². The summed E-state index contributed by atoms with van der Waals surface area (Å²) >= 11 is 1.41. The molecule has 0 aliphatic heterocycles. The Balaban J connectivity index is 1.50. The van der Waals surface area contributed by atoms with Crippen LogP contribution < -0.4 is 20.7 Å². The highest BCUT2D eigenvalue weighted by Crippen LogP contribution is 2.31. The van der Waals surface area contributed by atoms with Gasteiger partial charge in [-0.25, -0.2) is 9.78 Å². The molecule has 0 atom stereocenters. The minimum absolute atomic E-state index is 0.0882. The van der Waals surface area contributed by atoms with Crippen LogP contribution in [0, 0.1) is 6.92 Å². The SMILES string of the molecule is COc1ccc(-c2nc(NC(=O)CNC(=O)NC3CCCCC3)sc2C)cc1. The Labute approximate surface area is 168 Å². The number of carbonyl (C=O) groups excluding carboxylic acids is 2.